The Morgan fingerprint density at radius 2 is 1.76 bits per heavy atom. The summed E-state index contributed by atoms with van der Waals surface area (Å²) in [5.41, 5.74) is 1.52. The molecule has 1 aliphatic carbocycles. The monoisotopic (exact) mass is 287 g/mol. The molecule has 0 aliphatic heterocycles. The molecule has 0 heterocycles. The Kier molecular flexibility index (Phi) is 6.76. The second-order valence-electron chi connectivity index (χ2n) is 6.63. The number of rotatable bonds is 7. The molecule has 0 radical (unpaired) electrons. The quantitative estimate of drug-likeness (QED) is 0.710. The Labute approximate surface area is 131 Å². The van der Waals surface area contributed by atoms with E-state index >= 15 is 0 Å². The summed E-state index contributed by atoms with van der Waals surface area (Å²) in [5, 5.41) is 3.87. The van der Waals surface area contributed by atoms with Crippen molar-refractivity contribution in [3.8, 4) is 0 Å². The van der Waals surface area contributed by atoms with E-state index < -0.39 is 0 Å². The van der Waals surface area contributed by atoms with Gasteiger partial charge in [-0.15, -0.1) is 0 Å². The molecule has 1 fully saturated rings. The molecule has 4 atom stereocenters. The van der Waals surface area contributed by atoms with E-state index in [-0.39, 0.29) is 0 Å². The van der Waals surface area contributed by atoms with Crippen LogP contribution in [0.2, 0.25) is 0 Å². The van der Waals surface area contributed by atoms with E-state index in [9.17, 15) is 0 Å². The van der Waals surface area contributed by atoms with E-state index in [4.69, 9.17) is 0 Å². The fourth-order valence-electron chi connectivity index (χ4n) is 4.44. The fourth-order valence-corrected chi connectivity index (χ4v) is 4.44. The molecule has 1 aliphatic rings. The van der Waals surface area contributed by atoms with E-state index in [0.29, 0.717) is 12.0 Å². The van der Waals surface area contributed by atoms with Crippen LogP contribution in [0.15, 0.2) is 30.3 Å². The van der Waals surface area contributed by atoms with E-state index in [1.165, 1.54) is 44.1 Å². The van der Waals surface area contributed by atoms with Crippen LogP contribution in [0.4, 0.5) is 0 Å². The van der Waals surface area contributed by atoms with E-state index in [1.54, 1.807) is 0 Å². The van der Waals surface area contributed by atoms with Crippen LogP contribution in [0, 0.1) is 11.8 Å². The number of hydrogen-bond donors (Lipinski definition) is 1. The molecule has 1 N–H and O–H groups in total. The molecular weight excluding hydrogens is 254 g/mol. The van der Waals surface area contributed by atoms with Crippen LogP contribution in [0.3, 0.4) is 0 Å². The SMILES string of the molecule is CCNC(C(CC)c1ccccc1)C1CCCCC1CC. The van der Waals surface area contributed by atoms with Gasteiger partial charge in [-0.25, -0.2) is 0 Å². The summed E-state index contributed by atoms with van der Waals surface area (Å²) in [7, 11) is 0. The van der Waals surface area contributed by atoms with Crippen molar-refractivity contribution in [1.82, 2.24) is 5.32 Å². The summed E-state index contributed by atoms with van der Waals surface area (Å²) >= 11 is 0. The smallest absolute Gasteiger partial charge is 0.0166 e. The summed E-state index contributed by atoms with van der Waals surface area (Å²) in [6.07, 6.45) is 8.30. The molecule has 1 nitrogen and oxygen atoms in total. The first-order valence-electron chi connectivity index (χ1n) is 9.10. The Morgan fingerprint density at radius 3 is 2.38 bits per heavy atom. The summed E-state index contributed by atoms with van der Waals surface area (Å²) in [6, 6.07) is 11.8. The third-order valence-corrected chi connectivity index (χ3v) is 5.49. The van der Waals surface area contributed by atoms with Crippen molar-refractivity contribution in [2.45, 2.75) is 71.3 Å². The maximum Gasteiger partial charge on any atom is 0.0166 e. The minimum atomic E-state index is 0.646. The van der Waals surface area contributed by atoms with Crippen LogP contribution in [0.1, 0.15) is 70.8 Å². The molecule has 1 aromatic rings. The lowest BCUT2D eigenvalue weighted by Crippen LogP contribution is -2.45. The van der Waals surface area contributed by atoms with Gasteiger partial charge in [-0.1, -0.05) is 76.8 Å². The molecule has 0 spiro atoms. The van der Waals surface area contributed by atoms with Gasteiger partial charge in [0.15, 0.2) is 0 Å². The van der Waals surface area contributed by atoms with Gasteiger partial charge < -0.3 is 5.32 Å². The van der Waals surface area contributed by atoms with Gasteiger partial charge >= 0.3 is 0 Å². The van der Waals surface area contributed by atoms with E-state index in [0.717, 1.165) is 18.4 Å². The van der Waals surface area contributed by atoms with Crippen LogP contribution in [0.5, 0.6) is 0 Å². The molecule has 1 heteroatoms. The van der Waals surface area contributed by atoms with Crippen molar-refractivity contribution < 1.29 is 0 Å². The van der Waals surface area contributed by atoms with Crippen molar-refractivity contribution in [3.05, 3.63) is 35.9 Å². The number of likely N-dealkylation sites (N-methyl/N-ethyl adjacent to an activating group) is 1. The van der Waals surface area contributed by atoms with Crippen LogP contribution < -0.4 is 5.32 Å². The third kappa shape index (κ3) is 4.10. The fraction of sp³-hybridized carbons (Fsp3) is 0.700. The van der Waals surface area contributed by atoms with Crippen molar-refractivity contribution in [2.75, 3.05) is 6.54 Å². The number of nitrogens with one attached hydrogen (secondary N) is 1. The molecule has 0 amide bonds. The summed E-state index contributed by atoms with van der Waals surface area (Å²) in [4.78, 5) is 0. The normalized spacial score (nSPS) is 25.5. The molecule has 0 bridgehead atoms. The van der Waals surface area contributed by atoms with Crippen LogP contribution in [0.25, 0.3) is 0 Å². The van der Waals surface area contributed by atoms with Crippen molar-refractivity contribution in [1.29, 1.82) is 0 Å². The third-order valence-electron chi connectivity index (χ3n) is 5.49. The second-order valence-corrected chi connectivity index (χ2v) is 6.63. The van der Waals surface area contributed by atoms with Gasteiger partial charge in [-0.2, -0.15) is 0 Å². The molecule has 118 valence electrons. The highest BCUT2D eigenvalue weighted by Gasteiger charge is 2.34. The Bertz CT molecular complexity index is 386. The average molecular weight is 287 g/mol. The molecule has 0 saturated heterocycles. The molecular formula is C20H33N. The lowest BCUT2D eigenvalue weighted by Gasteiger charge is -2.41. The van der Waals surface area contributed by atoms with E-state index in [1.807, 2.05) is 0 Å². The molecule has 4 unspecified atom stereocenters. The summed E-state index contributed by atoms with van der Waals surface area (Å²) < 4.78 is 0. The van der Waals surface area contributed by atoms with Crippen LogP contribution in [-0.4, -0.2) is 12.6 Å². The first kappa shape index (κ1) is 16.5. The summed E-state index contributed by atoms with van der Waals surface area (Å²) in [6.45, 7) is 8.08. The Hall–Kier alpha value is -0.820. The van der Waals surface area contributed by atoms with Gasteiger partial charge in [0.25, 0.3) is 0 Å². The topological polar surface area (TPSA) is 12.0 Å². The molecule has 1 saturated carbocycles. The largest absolute Gasteiger partial charge is 0.313 e. The van der Waals surface area contributed by atoms with Crippen molar-refractivity contribution in [3.63, 3.8) is 0 Å². The second kappa shape index (κ2) is 8.58. The highest BCUT2D eigenvalue weighted by molar-refractivity contribution is 5.22. The minimum absolute atomic E-state index is 0.646. The predicted octanol–water partition coefficient (Wildman–Crippen LogP) is 5.37. The standard InChI is InChI=1S/C20H33N/c1-4-16-12-10-11-15-19(16)20(21-6-3)18(5-2)17-13-8-7-9-14-17/h7-9,13-14,16,18-21H,4-6,10-12,15H2,1-3H3. The van der Waals surface area contributed by atoms with Gasteiger partial charge in [0.05, 0.1) is 0 Å². The zero-order chi connectivity index (χ0) is 15.1. The minimum Gasteiger partial charge on any atom is -0.313 e. The van der Waals surface area contributed by atoms with Crippen LogP contribution in [-0.2, 0) is 0 Å². The van der Waals surface area contributed by atoms with Gasteiger partial charge in [0.2, 0.25) is 0 Å². The number of benzene rings is 1. The predicted molar refractivity (Wildman–Crippen MR) is 92.7 cm³/mol. The van der Waals surface area contributed by atoms with Gasteiger partial charge in [0, 0.05) is 6.04 Å². The van der Waals surface area contributed by atoms with Gasteiger partial charge in [-0.3, -0.25) is 0 Å². The Balaban J connectivity index is 2.23. The molecule has 1 aromatic carbocycles. The summed E-state index contributed by atoms with van der Waals surface area (Å²) in [5.74, 6) is 2.43. The lowest BCUT2D eigenvalue weighted by atomic mass is 9.69. The Morgan fingerprint density at radius 1 is 1.05 bits per heavy atom. The highest BCUT2D eigenvalue weighted by atomic mass is 14.9. The molecule has 21 heavy (non-hydrogen) atoms. The van der Waals surface area contributed by atoms with Gasteiger partial charge in [-0.05, 0) is 42.7 Å². The molecule has 2 rings (SSSR count). The highest BCUT2D eigenvalue weighted by Crippen LogP contribution is 2.39. The van der Waals surface area contributed by atoms with E-state index in [2.05, 4.69) is 56.4 Å². The first-order valence-corrected chi connectivity index (χ1v) is 9.10. The van der Waals surface area contributed by atoms with Crippen molar-refractivity contribution >= 4 is 0 Å². The van der Waals surface area contributed by atoms with Crippen LogP contribution >= 0.6 is 0 Å². The zero-order valence-corrected chi connectivity index (χ0v) is 14.1. The maximum atomic E-state index is 3.87. The number of hydrogen-bond acceptors (Lipinski definition) is 1. The van der Waals surface area contributed by atoms with Gasteiger partial charge in [0.1, 0.15) is 0 Å². The maximum absolute atomic E-state index is 3.87. The first-order chi connectivity index (χ1) is 10.3. The zero-order valence-electron chi connectivity index (χ0n) is 14.1. The average Bonchev–Trinajstić information content (AvgIpc) is 2.55. The van der Waals surface area contributed by atoms with Crippen molar-refractivity contribution in [2.24, 2.45) is 11.8 Å². The lowest BCUT2D eigenvalue weighted by molar-refractivity contribution is 0.157. The molecule has 0 aromatic heterocycles.